The highest BCUT2D eigenvalue weighted by molar-refractivity contribution is 5.82. The first-order chi connectivity index (χ1) is 9.74. The number of carbonyl (C=O) groups excluding carboxylic acids is 1. The maximum Gasteiger partial charge on any atom is 0.226 e. The lowest BCUT2D eigenvalue weighted by atomic mass is 9.98. The van der Waals surface area contributed by atoms with Crippen molar-refractivity contribution in [3.63, 3.8) is 0 Å². The Hall–Kier alpha value is -1.51. The zero-order valence-electron chi connectivity index (χ0n) is 11.8. The van der Waals surface area contributed by atoms with Crippen LogP contribution < -0.4 is 5.73 Å². The largest absolute Gasteiger partial charge is 0.399 e. The van der Waals surface area contributed by atoms with Gasteiger partial charge in [-0.25, -0.2) is 0 Å². The Bertz CT molecular complexity index is 542. The van der Waals surface area contributed by atoms with Crippen molar-refractivity contribution in [1.82, 2.24) is 4.90 Å². The van der Waals surface area contributed by atoms with Crippen LogP contribution in [0.5, 0.6) is 0 Å². The van der Waals surface area contributed by atoms with E-state index in [1.54, 1.807) is 0 Å². The van der Waals surface area contributed by atoms with Crippen molar-refractivity contribution in [2.24, 2.45) is 17.8 Å². The molecule has 4 rings (SSSR count). The van der Waals surface area contributed by atoms with E-state index < -0.39 is 0 Å². The summed E-state index contributed by atoms with van der Waals surface area (Å²) < 4.78 is 0. The van der Waals surface area contributed by atoms with Crippen LogP contribution in [0.4, 0.5) is 5.69 Å². The molecule has 3 aliphatic rings. The van der Waals surface area contributed by atoms with Crippen LogP contribution in [0.2, 0.25) is 0 Å². The van der Waals surface area contributed by atoms with Crippen molar-refractivity contribution >= 4 is 11.6 Å². The highest BCUT2D eigenvalue weighted by atomic mass is 16.2. The number of carbonyl (C=O) groups is 1. The number of rotatable bonds is 1. The third kappa shape index (κ3) is 1.91. The van der Waals surface area contributed by atoms with Crippen molar-refractivity contribution in [3.05, 3.63) is 29.3 Å². The molecule has 2 saturated carbocycles. The minimum absolute atomic E-state index is 0.347. The number of nitrogens with two attached hydrogens (primary N) is 1. The molecule has 2 unspecified atom stereocenters. The van der Waals surface area contributed by atoms with Gasteiger partial charge in [0.15, 0.2) is 0 Å². The van der Waals surface area contributed by atoms with E-state index in [9.17, 15) is 4.79 Å². The Morgan fingerprint density at radius 2 is 1.90 bits per heavy atom. The maximum atomic E-state index is 12.7. The van der Waals surface area contributed by atoms with Gasteiger partial charge in [0.25, 0.3) is 0 Å². The predicted molar refractivity (Wildman–Crippen MR) is 78.9 cm³/mol. The maximum absolute atomic E-state index is 12.7. The molecule has 1 aromatic rings. The number of nitrogens with zero attached hydrogens (tertiary/aromatic N) is 1. The van der Waals surface area contributed by atoms with Gasteiger partial charge in [-0.1, -0.05) is 18.9 Å². The van der Waals surface area contributed by atoms with Crippen molar-refractivity contribution in [2.75, 3.05) is 12.3 Å². The van der Waals surface area contributed by atoms with Gasteiger partial charge in [0, 0.05) is 24.7 Å². The lowest BCUT2D eigenvalue weighted by Crippen LogP contribution is -2.37. The van der Waals surface area contributed by atoms with Crippen molar-refractivity contribution in [2.45, 2.75) is 38.6 Å². The average Bonchev–Trinajstić information content (AvgIpc) is 3.20. The fourth-order valence-corrected chi connectivity index (χ4v) is 4.33. The molecule has 2 aliphatic carbocycles. The predicted octanol–water partition coefficient (Wildman–Crippen LogP) is 2.59. The summed E-state index contributed by atoms with van der Waals surface area (Å²) in [4.78, 5) is 14.8. The van der Waals surface area contributed by atoms with Crippen molar-refractivity contribution in [3.8, 4) is 0 Å². The SMILES string of the molecule is Nc1ccc2c(c1)CN(C(=O)C1C3CCCCC31)CC2. The number of nitrogen functional groups attached to an aromatic ring is 1. The van der Waals surface area contributed by atoms with E-state index in [2.05, 4.69) is 11.0 Å². The van der Waals surface area contributed by atoms with Crippen LogP contribution in [0.25, 0.3) is 0 Å². The number of fused-ring (bicyclic) bond motifs is 2. The van der Waals surface area contributed by atoms with Gasteiger partial charge in [0.1, 0.15) is 0 Å². The van der Waals surface area contributed by atoms with Gasteiger partial charge in [-0.2, -0.15) is 0 Å². The summed E-state index contributed by atoms with van der Waals surface area (Å²) in [5, 5.41) is 0. The molecule has 106 valence electrons. The van der Waals surface area contributed by atoms with Crippen LogP contribution >= 0.6 is 0 Å². The van der Waals surface area contributed by atoms with Crippen LogP contribution in [0.15, 0.2) is 18.2 Å². The molecule has 2 fully saturated rings. The van der Waals surface area contributed by atoms with Crippen LogP contribution in [-0.2, 0) is 17.8 Å². The van der Waals surface area contributed by atoms with Crippen LogP contribution in [0, 0.1) is 17.8 Å². The van der Waals surface area contributed by atoms with Crippen LogP contribution in [0.3, 0.4) is 0 Å². The van der Waals surface area contributed by atoms with E-state index in [0.717, 1.165) is 25.2 Å². The second-order valence-electron chi connectivity index (χ2n) is 6.68. The van der Waals surface area contributed by atoms with E-state index in [-0.39, 0.29) is 0 Å². The average molecular weight is 270 g/mol. The van der Waals surface area contributed by atoms with Gasteiger partial charge >= 0.3 is 0 Å². The quantitative estimate of drug-likeness (QED) is 0.797. The Kier molecular flexibility index (Phi) is 2.76. The highest BCUT2D eigenvalue weighted by Crippen LogP contribution is 2.56. The highest BCUT2D eigenvalue weighted by Gasteiger charge is 2.55. The third-order valence-electron chi connectivity index (χ3n) is 5.50. The first-order valence-electron chi connectivity index (χ1n) is 7.90. The first kappa shape index (κ1) is 12.2. The van der Waals surface area contributed by atoms with E-state index in [4.69, 9.17) is 5.73 Å². The number of anilines is 1. The normalized spacial score (nSPS) is 31.4. The number of hydrogen-bond donors (Lipinski definition) is 1. The summed E-state index contributed by atoms with van der Waals surface area (Å²) >= 11 is 0. The molecule has 1 amide bonds. The zero-order valence-corrected chi connectivity index (χ0v) is 11.8. The molecule has 0 radical (unpaired) electrons. The molecule has 2 N–H and O–H groups in total. The summed E-state index contributed by atoms with van der Waals surface area (Å²) in [7, 11) is 0. The van der Waals surface area contributed by atoms with Gasteiger partial charge < -0.3 is 10.6 Å². The lowest BCUT2D eigenvalue weighted by Gasteiger charge is -2.29. The molecule has 0 saturated heterocycles. The summed E-state index contributed by atoms with van der Waals surface area (Å²) in [5.74, 6) is 2.17. The molecule has 2 atom stereocenters. The van der Waals surface area contributed by atoms with Gasteiger partial charge in [-0.3, -0.25) is 4.79 Å². The van der Waals surface area contributed by atoms with Crippen LogP contribution in [0.1, 0.15) is 36.8 Å². The summed E-state index contributed by atoms with van der Waals surface area (Å²) in [6.07, 6.45) is 6.18. The standard InChI is InChI=1S/C17H22N2O/c18-13-6-5-11-7-8-19(10-12(11)9-13)17(20)16-14-3-1-2-4-15(14)16/h5-6,9,14-16H,1-4,7-8,10,18H2. The number of amides is 1. The minimum atomic E-state index is 0.347. The molecule has 0 bridgehead atoms. The van der Waals surface area contributed by atoms with E-state index in [1.807, 2.05) is 12.1 Å². The Morgan fingerprint density at radius 1 is 1.15 bits per heavy atom. The second-order valence-corrected chi connectivity index (χ2v) is 6.68. The van der Waals surface area contributed by atoms with Crippen molar-refractivity contribution in [1.29, 1.82) is 0 Å². The van der Waals surface area contributed by atoms with Gasteiger partial charge in [-0.15, -0.1) is 0 Å². The smallest absolute Gasteiger partial charge is 0.226 e. The molecule has 3 heteroatoms. The molecule has 1 heterocycles. The molecular weight excluding hydrogens is 248 g/mol. The third-order valence-corrected chi connectivity index (χ3v) is 5.50. The fraction of sp³-hybridized carbons (Fsp3) is 0.588. The van der Waals surface area contributed by atoms with Gasteiger partial charge in [0.2, 0.25) is 5.91 Å². The van der Waals surface area contributed by atoms with E-state index >= 15 is 0 Å². The monoisotopic (exact) mass is 270 g/mol. The molecular formula is C17H22N2O. The number of benzene rings is 1. The summed E-state index contributed by atoms with van der Waals surface area (Å²) in [6, 6.07) is 6.11. The van der Waals surface area contributed by atoms with Crippen molar-refractivity contribution < 1.29 is 4.79 Å². The minimum Gasteiger partial charge on any atom is -0.399 e. The Morgan fingerprint density at radius 3 is 2.65 bits per heavy atom. The molecule has 1 aliphatic heterocycles. The van der Waals surface area contributed by atoms with Crippen LogP contribution in [-0.4, -0.2) is 17.4 Å². The zero-order chi connectivity index (χ0) is 13.7. The van der Waals surface area contributed by atoms with E-state index in [1.165, 1.54) is 36.8 Å². The number of hydrogen-bond acceptors (Lipinski definition) is 2. The fourth-order valence-electron chi connectivity index (χ4n) is 4.33. The van der Waals surface area contributed by atoms with Gasteiger partial charge in [0.05, 0.1) is 0 Å². The topological polar surface area (TPSA) is 46.3 Å². The molecule has 20 heavy (non-hydrogen) atoms. The van der Waals surface area contributed by atoms with E-state index in [0.29, 0.717) is 23.7 Å². The first-order valence-corrected chi connectivity index (χ1v) is 7.90. The second kappa shape index (κ2) is 4.51. The molecule has 1 aromatic carbocycles. The molecule has 3 nitrogen and oxygen atoms in total. The Labute approximate surface area is 120 Å². The summed E-state index contributed by atoms with van der Waals surface area (Å²) in [6.45, 7) is 1.64. The molecule has 0 aromatic heterocycles. The lowest BCUT2D eigenvalue weighted by molar-refractivity contribution is -0.134. The molecule has 0 spiro atoms. The van der Waals surface area contributed by atoms with Gasteiger partial charge in [-0.05, 0) is 54.4 Å². The summed E-state index contributed by atoms with van der Waals surface area (Å²) in [5.41, 5.74) is 9.27. The Balaban J connectivity index is 1.49.